The molecule has 3 aromatic rings. The van der Waals surface area contributed by atoms with E-state index in [1.54, 1.807) is 6.92 Å². The first-order chi connectivity index (χ1) is 11.2. The molecule has 3 rings (SSSR count). The van der Waals surface area contributed by atoms with Crippen LogP contribution in [0.5, 0.6) is 0 Å². The number of carbonyl (C=O) groups excluding carboxylic acids is 1. The highest BCUT2D eigenvalue weighted by Crippen LogP contribution is 2.29. The molecule has 0 saturated heterocycles. The van der Waals surface area contributed by atoms with E-state index in [1.807, 2.05) is 48.5 Å². The summed E-state index contributed by atoms with van der Waals surface area (Å²) in [5.74, 6) is -0.519. The Balaban J connectivity index is 1.86. The lowest BCUT2D eigenvalue weighted by molar-refractivity contribution is 0.0481. The lowest BCUT2D eigenvalue weighted by atomic mass is 10.0. The van der Waals surface area contributed by atoms with Crippen LogP contribution in [0.25, 0.3) is 22.6 Å². The Kier molecular flexibility index (Phi) is 4.39. The van der Waals surface area contributed by atoms with Crippen LogP contribution in [0.1, 0.15) is 17.6 Å². The molecule has 0 saturated carbocycles. The van der Waals surface area contributed by atoms with Gasteiger partial charge in [-0.25, -0.2) is 4.79 Å². The van der Waals surface area contributed by atoms with Crippen LogP contribution in [0.4, 0.5) is 0 Å². The van der Waals surface area contributed by atoms with E-state index in [4.69, 9.17) is 20.8 Å². The fourth-order valence-corrected chi connectivity index (χ4v) is 2.35. The van der Waals surface area contributed by atoms with Crippen molar-refractivity contribution in [1.29, 1.82) is 0 Å². The highest BCUT2D eigenvalue weighted by Gasteiger charge is 2.16. The molecule has 2 aromatic carbocycles. The summed E-state index contributed by atoms with van der Waals surface area (Å²) >= 11 is 6.19. The van der Waals surface area contributed by atoms with Gasteiger partial charge in [0, 0.05) is 16.1 Å². The number of hydrogen-bond acceptors (Lipinski definition) is 5. The summed E-state index contributed by atoms with van der Waals surface area (Å²) in [6, 6.07) is 15.1. The van der Waals surface area contributed by atoms with Crippen molar-refractivity contribution >= 4 is 17.6 Å². The Labute approximate surface area is 137 Å². The lowest BCUT2D eigenvalue weighted by Crippen LogP contribution is -2.04. The van der Waals surface area contributed by atoms with Crippen molar-refractivity contribution in [2.24, 2.45) is 0 Å². The van der Waals surface area contributed by atoms with Gasteiger partial charge in [-0.3, -0.25) is 0 Å². The van der Waals surface area contributed by atoms with E-state index in [0.29, 0.717) is 10.6 Å². The van der Waals surface area contributed by atoms with Gasteiger partial charge in [-0.15, -0.1) is 10.2 Å². The standard InChI is InChI=1S/C17H13ClN2O3/c1-2-22-17(21)16-20-19-15(23-16)12-9-7-11(8-10-12)13-5-3-4-6-14(13)18/h3-10H,2H2,1H3. The Bertz CT molecular complexity index is 828. The van der Waals surface area contributed by atoms with Gasteiger partial charge in [0.1, 0.15) is 0 Å². The van der Waals surface area contributed by atoms with Crippen LogP contribution < -0.4 is 0 Å². The molecule has 0 atom stereocenters. The molecule has 116 valence electrons. The van der Waals surface area contributed by atoms with Gasteiger partial charge in [-0.2, -0.15) is 0 Å². The number of nitrogens with zero attached hydrogens (tertiary/aromatic N) is 2. The average Bonchev–Trinajstić information content (AvgIpc) is 3.06. The molecule has 0 aliphatic rings. The largest absolute Gasteiger partial charge is 0.459 e. The van der Waals surface area contributed by atoms with Crippen molar-refractivity contribution in [2.45, 2.75) is 6.92 Å². The number of esters is 1. The summed E-state index contributed by atoms with van der Waals surface area (Å²) < 4.78 is 10.1. The first-order valence-corrected chi connectivity index (χ1v) is 7.43. The summed E-state index contributed by atoms with van der Waals surface area (Å²) in [5, 5.41) is 8.24. The average molecular weight is 329 g/mol. The van der Waals surface area contributed by atoms with Gasteiger partial charge in [-0.1, -0.05) is 41.9 Å². The smallest absolute Gasteiger partial charge is 0.396 e. The zero-order chi connectivity index (χ0) is 16.2. The van der Waals surface area contributed by atoms with E-state index in [-0.39, 0.29) is 18.4 Å². The number of hydrogen-bond donors (Lipinski definition) is 0. The Morgan fingerprint density at radius 2 is 1.78 bits per heavy atom. The summed E-state index contributed by atoms with van der Waals surface area (Å²) in [5.41, 5.74) is 2.63. The highest BCUT2D eigenvalue weighted by atomic mass is 35.5. The minimum absolute atomic E-state index is 0.156. The first kappa shape index (κ1) is 15.2. The second-order valence-corrected chi connectivity index (χ2v) is 5.10. The third kappa shape index (κ3) is 3.24. The van der Waals surface area contributed by atoms with Gasteiger partial charge in [-0.05, 0) is 30.7 Å². The molecule has 6 heteroatoms. The Morgan fingerprint density at radius 3 is 2.48 bits per heavy atom. The quantitative estimate of drug-likeness (QED) is 0.670. The second kappa shape index (κ2) is 6.62. The fourth-order valence-electron chi connectivity index (χ4n) is 2.10. The third-order valence-corrected chi connectivity index (χ3v) is 3.52. The predicted molar refractivity (Wildman–Crippen MR) is 86.1 cm³/mol. The van der Waals surface area contributed by atoms with E-state index in [2.05, 4.69) is 10.2 Å². The first-order valence-electron chi connectivity index (χ1n) is 7.05. The van der Waals surface area contributed by atoms with Gasteiger partial charge < -0.3 is 9.15 Å². The lowest BCUT2D eigenvalue weighted by Gasteiger charge is -2.04. The van der Waals surface area contributed by atoms with Crippen molar-refractivity contribution in [3.63, 3.8) is 0 Å². The molecule has 0 N–H and O–H groups in total. The van der Waals surface area contributed by atoms with Gasteiger partial charge in [0.2, 0.25) is 5.89 Å². The van der Waals surface area contributed by atoms with Crippen LogP contribution in [-0.4, -0.2) is 22.8 Å². The van der Waals surface area contributed by atoms with Crippen LogP contribution in [0.3, 0.4) is 0 Å². The molecule has 0 spiro atoms. The number of benzene rings is 2. The molecule has 23 heavy (non-hydrogen) atoms. The fraction of sp³-hybridized carbons (Fsp3) is 0.118. The molecular weight excluding hydrogens is 316 g/mol. The van der Waals surface area contributed by atoms with Crippen molar-refractivity contribution in [3.05, 3.63) is 59.4 Å². The topological polar surface area (TPSA) is 65.2 Å². The number of aromatic nitrogens is 2. The molecule has 5 nitrogen and oxygen atoms in total. The van der Waals surface area contributed by atoms with Crippen molar-refractivity contribution in [2.75, 3.05) is 6.61 Å². The Hall–Kier alpha value is -2.66. The van der Waals surface area contributed by atoms with Crippen LogP contribution in [0.2, 0.25) is 5.02 Å². The van der Waals surface area contributed by atoms with E-state index >= 15 is 0 Å². The molecule has 0 unspecified atom stereocenters. The minimum atomic E-state index is -0.626. The van der Waals surface area contributed by atoms with Crippen molar-refractivity contribution in [3.8, 4) is 22.6 Å². The summed E-state index contributed by atoms with van der Waals surface area (Å²) in [6.45, 7) is 1.96. The number of carbonyl (C=O) groups is 1. The SMILES string of the molecule is CCOC(=O)c1nnc(-c2ccc(-c3ccccc3Cl)cc2)o1. The molecule has 0 radical (unpaired) electrons. The van der Waals surface area contributed by atoms with Crippen molar-refractivity contribution < 1.29 is 13.9 Å². The molecule has 0 bridgehead atoms. The van der Waals surface area contributed by atoms with Gasteiger partial charge >= 0.3 is 11.9 Å². The third-order valence-electron chi connectivity index (χ3n) is 3.19. The van der Waals surface area contributed by atoms with Crippen LogP contribution in [0.15, 0.2) is 52.9 Å². The number of halogens is 1. The number of rotatable bonds is 4. The molecule has 0 fully saturated rings. The Morgan fingerprint density at radius 1 is 1.09 bits per heavy atom. The number of ether oxygens (including phenoxy) is 1. The maximum Gasteiger partial charge on any atom is 0.396 e. The highest BCUT2D eigenvalue weighted by molar-refractivity contribution is 6.33. The summed E-state index contributed by atoms with van der Waals surface area (Å²) in [4.78, 5) is 11.5. The maximum atomic E-state index is 11.5. The minimum Gasteiger partial charge on any atom is -0.459 e. The molecule has 1 aromatic heterocycles. The molecule has 0 aliphatic carbocycles. The monoisotopic (exact) mass is 328 g/mol. The van der Waals surface area contributed by atoms with Gasteiger partial charge in [0.15, 0.2) is 0 Å². The van der Waals surface area contributed by atoms with E-state index in [0.717, 1.165) is 11.1 Å². The van der Waals surface area contributed by atoms with Crippen LogP contribution in [-0.2, 0) is 4.74 Å². The van der Waals surface area contributed by atoms with Crippen molar-refractivity contribution in [1.82, 2.24) is 10.2 Å². The van der Waals surface area contributed by atoms with Gasteiger partial charge in [0.25, 0.3) is 0 Å². The summed E-state index contributed by atoms with van der Waals surface area (Å²) in [7, 11) is 0. The molecular formula is C17H13ClN2O3. The van der Waals surface area contributed by atoms with Gasteiger partial charge in [0.05, 0.1) is 6.61 Å². The molecule has 0 amide bonds. The maximum absolute atomic E-state index is 11.5. The second-order valence-electron chi connectivity index (χ2n) is 4.69. The summed E-state index contributed by atoms with van der Waals surface area (Å²) in [6.07, 6.45) is 0. The van der Waals surface area contributed by atoms with Crippen LogP contribution in [0, 0.1) is 0 Å². The van der Waals surface area contributed by atoms with Crippen LogP contribution >= 0.6 is 11.6 Å². The normalized spacial score (nSPS) is 10.5. The zero-order valence-electron chi connectivity index (χ0n) is 12.3. The predicted octanol–water partition coefficient (Wildman–Crippen LogP) is 4.23. The molecule has 1 heterocycles. The zero-order valence-corrected chi connectivity index (χ0v) is 13.1. The van der Waals surface area contributed by atoms with E-state index < -0.39 is 5.97 Å². The van der Waals surface area contributed by atoms with E-state index in [1.165, 1.54) is 0 Å². The van der Waals surface area contributed by atoms with E-state index in [9.17, 15) is 4.79 Å². The molecule has 0 aliphatic heterocycles.